The molecule has 5 heteroatoms. The zero-order valence-electron chi connectivity index (χ0n) is 17.2. The molecule has 26 heavy (non-hydrogen) atoms. The van der Waals surface area contributed by atoms with Gasteiger partial charge < -0.3 is 15.5 Å². The number of guanidine groups is 1. The number of nitrogens with one attached hydrogen (secondary N) is 2. The molecule has 0 aromatic carbocycles. The van der Waals surface area contributed by atoms with Gasteiger partial charge in [0, 0.05) is 38.3 Å². The summed E-state index contributed by atoms with van der Waals surface area (Å²) in [5.74, 6) is 1.91. The molecule has 1 aliphatic carbocycles. The summed E-state index contributed by atoms with van der Waals surface area (Å²) in [5, 5.41) is 7.17. The van der Waals surface area contributed by atoms with Gasteiger partial charge in [-0.05, 0) is 71.0 Å². The van der Waals surface area contributed by atoms with Crippen LogP contribution in [0.4, 0.5) is 0 Å². The van der Waals surface area contributed by atoms with Crippen molar-refractivity contribution in [2.45, 2.75) is 77.3 Å². The standard InChI is InChI=1S/C21H41N5/c1-3-22-21(23-13-9-18-10-14-25(4-2)15-11-18)24-19-12-16-26(17-19)20-7-5-6-8-20/h18-20H,3-17H2,1-2H3,(H2,22,23,24). The maximum atomic E-state index is 4.90. The third kappa shape index (κ3) is 5.85. The van der Waals surface area contributed by atoms with Crippen LogP contribution in [0.25, 0.3) is 0 Å². The summed E-state index contributed by atoms with van der Waals surface area (Å²) < 4.78 is 0. The summed E-state index contributed by atoms with van der Waals surface area (Å²) in [4.78, 5) is 10.2. The van der Waals surface area contributed by atoms with E-state index in [2.05, 4.69) is 34.3 Å². The van der Waals surface area contributed by atoms with Gasteiger partial charge in [-0.15, -0.1) is 0 Å². The van der Waals surface area contributed by atoms with Crippen LogP contribution in [0, 0.1) is 5.92 Å². The summed E-state index contributed by atoms with van der Waals surface area (Å²) in [6, 6.07) is 1.43. The van der Waals surface area contributed by atoms with Gasteiger partial charge in [0.15, 0.2) is 5.96 Å². The molecule has 5 nitrogen and oxygen atoms in total. The first-order valence-electron chi connectivity index (χ1n) is 11.3. The van der Waals surface area contributed by atoms with Crippen LogP contribution in [0.3, 0.4) is 0 Å². The van der Waals surface area contributed by atoms with Gasteiger partial charge in [-0.2, -0.15) is 0 Å². The highest BCUT2D eigenvalue weighted by molar-refractivity contribution is 5.80. The van der Waals surface area contributed by atoms with Gasteiger partial charge in [0.1, 0.15) is 0 Å². The topological polar surface area (TPSA) is 42.9 Å². The van der Waals surface area contributed by atoms with E-state index in [1.165, 1.54) is 84.1 Å². The largest absolute Gasteiger partial charge is 0.357 e. The lowest BCUT2D eigenvalue weighted by molar-refractivity contribution is 0.188. The minimum atomic E-state index is 0.571. The monoisotopic (exact) mass is 363 g/mol. The van der Waals surface area contributed by atoms with Crippen molar-refractivity contribution in [1.82, 2.24) is 20.4 Å². The molecule has 1 unspecified atom stereocenters. The van der Waals surface area contributed by atoms with Gasteiger partial charge in [0.2, 0.25) is 0 Å². The van der Waals surface area contributed by atoms with Crippen molar-refractivity contribution in [3.63, 3.8) is 0 Å². The number of aliphatic imine (C=N–C) groups is 1. The molecule has 1 atom stereocenters. The molecule has 150 valence electrons. The fourth-order valence-corrected chi connectivity index (χ4v) is 4.97. The van der Waals surface area contributed by atoms with E-state index in [0.717, 1.165) is 31.0 Å². The highest BCUT2D eigenvalue weighted by Gasteiger charge is 2.30. The Bertz CT molecular complexity index is 424. The third-order valence-electron chi connectivity index (χ3n) is 6.71. The molecule has 2 N–H and O–H groups in total. The van der Waals surface area contributed by atoms with E-state index >= 15 is 0 Å². The smallest absolute Gasteiger partial charge is 0.191 e. The predicted molar refractivity (Wildman–Crippen MR) is 111 cm³/mol. The Morgan fingerprint density at radius 1 is 1.00 bits per heavy atom. The second kappa shape index (κ2) is 10.5. The molecule has 1 saturated carbocycles. The number of hydrogen-bond donors (Lipinski definition) is 2. The second-order valence-electron chi connectivity index (χ2n) is 8.49. The van der Waals surface area contributed by atoms with E-state index in [4.69, 9.17) is 4.99 Å². The number of likely N-dealkylation sites (tertiary alicyclic amines) is 2. The summed E-state index contributed by atoms with van der Waals surface area (Å²) in [7, 11) is 0. The normalized spacial score (nSPS) is 27.3. The van der Waals surface area contributed by atoms with Crippen molar-refractivity contribution in [2.24, 2.45) is 10.9 Å². The molecule has 3 aliphatic rings. The number of nitrogens with zero attached hydrogens (tertiary/aromatic N) is 3. The fraction of sp³-hybridized carbons (Fsp3) is 0.952. The first-order valence-corrected chi connectivity index (χ1v) is 11.3. The maximum Gasteiger partial charge on any atom is 0.191 e. The van der Waals surface area contributed by atoms with Crippen LogP contribution >= 0.6 is 0 Å². The van der Waals surface area contributed by atoms with E-state index in [1.807, 2.05) is 0 Å². The zero-order chi connectivity index (χ0) is 18.2. The minimum absolute atomic E-state index is 0.571. The van der Waals surface area contributed by atoms with E-state index in [9.17, 15) is 0 Å². The van der Waals surface area contributed by atoms with Crippen LogP contribution in [-0.4, -0.2) is 73.7 Å². The predicted octanol–water partition coefficient (Wildman–Crippen LogP) is 2.68. The van der Waals surface area contributed by atoms with Crippen molar-refractivity contribution in [3.05, 3.63) is 0 Å². The molecule has 0 aromatic rings. The SMILES string of the molecule is CCNC(=NCCC1CCN(CC)CC1)NC1CCN(C2CCCC2)C1. The molecule has 2 heterocycles. The Hall–Kier alpha value is -0.810. The fourth-order valence-electron chi connectivity index (χ4n) is 4.97. The van der Waals surface area contributed by atoms with Gasteiger partial charge in [0.25, 0.3) is 0 Å². The van der Waals surface area contributed by atoms with Crippen molar-refractivity contribution in [2.75, 3.05) is 45.8 Å². The lowest BCUT2D eigenvalue weighted by atomic mass is 9.94. The van der Waals surface area contributed by atoms with Gasteiger partial charge in [-0.3, -0.25) is 9.89 Å². The Balaban J connectivity index is 1.39. The molecule has 0 spiro atoms. The second-order valence-corrected chi connectivity index (χ2v) is 8.49. The van der Waals surface area contributed by atoms with E-state index in [0.29, 0.717) is 6.04 Å². The van der Waals surface area contributed by atoms with Crippen molar-refractivity contribution >= 4 is 5.96 Å². The van der Waals surface area contributed by atoms with Gasteiger partial charge in [0.05, 0.1) is 0 Å². The first kappa shape index (κ1) is 19.9. The molecule has 0 bridgehead atoms. The number of piperidine rings is 1. The lowest BCUT2D eigenvalue weighted by Gasteiger charge is -2.30. The highest BCUT2D eigenvalue weighted by Crippen LogP contribution is 2.26. The van der Waals surface area contributed by atoms with Crippen molar-refractivity contribution in [3.8, 4) is 0 Å². The van der Waals surface area contributed by atoms with Crippen molar-refractivity contribution in [1.29, 1.82) is 0 Å². The minimum Gasteiger partial charge on any atom is -0.357 e. The summed E-state index contributed by atoms with van der Waals surface area (Å²) >= 11 is 0. The molecule has 3 fully saturated rings. The van der Waals surface area contributed by atoms with Crippen LogP contribution in [0.5, 0.6) is 0 Å². The average molecular weight is 364 g/mol. The molecule has 2 saturated heterocycles. The summed E-state index contributed by atoms with van der Waals surface area (Å²) in [5.41, 5.74) is 0. The van der Waals surface area contributed by atoms with Crippen molar-refractivity contribution < 1.29 is 0 Å². The summed E-state index contributed by atoms with van der Waals surface area (Å²) in [6.07, 6.45) is 10.9. The molecule has 3 rings (SSSR count). The van der Waals surface area contributed by atoms with Crippen LogP contribution < -0.4 is 10.6 Å². The summed E-state index contributed by atoms with van der Waals surface area (Å²) in [6.45, 7) is 12.6. The van der Waals surface area contributed by atoms with E-state index < -0.39 is 0 Å². The maximum absolute atomic E-state index is 4.90. The molecular formula is C21H41N5. The zero-order valence-corrected chi connectivity index (χ0v) is 17.2. The molecule has 0 aromatic heterocycles. The Morgan fingerprint density at radius 3 is 2.46 bits per heavy atom. The first-order chi connectivity index (χ1) is 12.8. The van der Waals surface area contributed by atoms with Crippen LogP contribution in [-0.2, 0) is 0 Å². The van der Waals surface area contributed by atoms with Gasteiger partial charge in [-0.25, -0.2) is 0 Å². The van der Waals surface area contributed by atoms with Crippen LogP contribution in [0.1, 0.15) is 65.2 Å². The van der Waals surface area contributed by atoms with Gasteiger partial charge in [-0.1, -0.05) is 19.8 Å². The number of rotatable bonds is 7. The molecular weight excluding hydrogens is 322 g/mol. The highest BCUT2D eigenvalue weighted by atomic mass is 15.3. The Morgan fingerprint density at radius 2 is 1.77 bits per heavy atom. The lowest BCUT2D eigenvalue weighted by Crippen LogP contribution is -2.45. The third-order valence-corrected chi connectivity index (χ3v) is 6.71. The molecule has 0 radical (unpaired) electrons. The van der Waals surface area contributed by atoms with E-state index in [-0.39, 0.29) is 0 Å². The van der Waals surface area contributed by atoms with Crippen LogP contribution in [0.15, 0.2) is 4.99 Å². The average Bonchev–Trinajstić information content (AvgIpc) is 3.34. The molecule has 0 amide bonds. The molecule has 2 aliphatic heterocycles. The Kier molecular flexibility index (Phi) is 8.06. The Labute approximate surface area is 161 Å². The van der Waals surface area contributed by atoms with Gasteiger partial charge >= 0.3 is 0 Å². The quantitative estimate of drug-likeness (QED) is 0.539. The number of hydrogen-bond acceptors (Lipinski definition) is 3. The van der Waals surface area contributed by atoms with Crippen LogP contribution in [0.2, 0.25) is 0 Å². The van der Waals surface area contributed by atoms with E-state index in [1.54, 1.807) is 0 Å².